The number of carbonyl (C=O) groups excluding carboxylic acids is 1. The molecule has 84 valence electrons. The van der Waals surface area contributed by atoms with Gasteiger partial charge in [-0.05, 0) is 25.1 Å². The van der Waals surface area contributed by atoms with Crippen molar-refractivity contribution in [1.82, 2.24) is 4.68 Å². The van der Waals surface area contributed by atoms with Crippen LogP contribution in [0.3, 0.4) is 0 Å². The third-order valence-corrected chi connectivity index (χ3v) is 2.77. The Hall–Kier alpha value is -1.77. The molecule has 0 radical (unpaired) electrons. The van der Waals surface area contributed by atoms with Gasteiger partial charge in [0.1, 0.15) is 5.69 Å². The first kappa shape index (κ1) is 10.7. The molecule has 2 rings (SSSR count). The monoisotopic (exact) mass is 216 g/mol. The van der Waals surface area contributed by atoms with Crippen molar-refractivity contribution >= 4 is 16.7 Å². The molecule has 0 fully saturated rings. The normalized spacial score (nSPS) is 11.2. The lowest BCUT2D eigenvalue weighted by Gasteiger charge is -2.05. The van der Waals surface area contributed by atoms with Gasteiger partial charge < -0.3 is 5.84 Å². The van der Waals surface area contributed by atoms with Gasteiger partial charge in [0.05, 0.1) is 5.52 Å². The number of benzene rings is 1. The molecule has 16 heavy (non-hydrogen) atoms. The fourth-order valence-corrected chi connectivity index (χ4v) is 1.84. The third kappa shape index (κ3) is 1.58. The van der Waals surface area contributed by atoms with Gasteiger partial charge >= 0.3 is 0 Å². The van der Waals surface area contributed by atoms with Gasteiger partial charge in [-0.25, -0.2) is 0 Å². The summed E-state index contributed by atoms with van der Waals surface area (Å²) in [7, 11) is 0. The highest BCUT2D eigenvalue weighted by atomic mass is 16.1. The number of aryl methyl sites for hydroxylation is 1. The van der Waals surface area contributed by atoms with Crippen LogP contribution in [0.2, 0.25) is 0 Å². The Kier molecular flexibility index (Phi) is 2.46. The molecule has 0 saturated heterocycles. The lowest BCUT2D eigenvalue weighted by Crippen LogP contribution is -2.19. The average Bonchev–Trinajstić information content (AvgIpc) is 2.54. The van der Waals surface area contributed by atoms with E-state index in [4.69, 9.17) is 5.84 Å². The first-order valence-electron chi connectivity index (χ1n) is 5.42. The number of ketones is 1. The number of Topliss-reactive ketones (excluding diaryl/α,β-unsaturated/α-hetero) is 1. The van der Waals surface area contributed by atoms with E-state index in [0.717, 1.165) is 10.9 Å². The van der Waals surface area contributed by atoms with Crippen molar-refractivity contribution in [1.29, 1.82) is 0 Å². The van der Waals surface area contributed by atoms with E-state index in [0.29, 0.717) is 5.69 Å². The van der Waals surface area contributed by atoms with Crippen LogP contribution in [0, 0.1) is 12.8 Å². The van der Waals surface area contributed by atoms with Crippen molar-refractivity contribution in [2.24, 2.45) is 5.92 Å². The van der Waals surface area contributed by atoms with Gasteiger partial charge in [0.25, 0.3) is 0 Å². The molecule has 1 aromatic carbocycles. The van der Waals surface area contributed by atoms with Crippen molar-refractivity contribution in [2.75, 3.05) is 5.84 Å². The minimum atomic E-state index is -0.0345. The molecule has 1 aromatic heterocycles. The molecule has 1 heterocycles. The number of fused-ring (bicyclic) bond motifs is 1. The van der Waals surface area contributed by atoms with E-state index >= 15 is 0 Å². The van der Waals surface area contributed by atoms with Gasteiger partial charge in [-0.3, -0.25) is 9.47 Å². The number of nitrogen functional groups attached to an aromatic ring is 1. The van der Waals surface area contributed by atoms with Crippen molar-refractivity contribution in [2.45, 2.75) is 20.8 Å². The number of rotatable bonds is 2. The summed E-state index contributed by atoms with van der Waals surface area (Å²) in [5.74, 6) is 5.97. The van der Waals surface area contributed by atoms with Crippen molar-refractivity contribution < 1.29 is 4.79 Å². The van der Waals surface area contributed by atoms with E-state index in [9.17, 15) is 4.79 Å². The third-order valence-electron chi connectivity index (χ3n) is 2.77. The summed E-state index contributed by atoms with van der Waals surface area (Å²) >= 11 is 0. The Balaban J connectivity index is 2.64. The standard InChI is InChI=1S/C13H16N2O/c1-8(2)13(16)12-7-10-6-9(3)4-5-11(10)15(12)14/h4-8H,14H2,1-3H3. The molecule has 0 aliphatic carbocycles. The van der Waals surface area contributed by atoms with Gasteiger partial charge in [-0.2, -0.15) is 0 Å². The van der Waals surface area contributed by atoms with Crippen LogP contribution in [-0.2, 0) is 0 Å². The summed E-state index contributed by atoms with van der Waals surface area (Å²) in [6, 6.07) is 7.84. The summed E-state index contributed by atoms with van der Waals surface area (Å²) < 4.78 is 1.48. The highest BCUT2D eigenvalue weighted by Crippen LogP contribution is 2.20. The lowest BCUT2D eigenvalue weighted by molar-refractivity contribution is 0.0932. The highest BCUT2D eigenvalue weighted by Gasteiger charge is 2.16. The molecule has 0 aliphatic rings. The molecule has 0 unspecified atom stereocenters. The molecule has 0 spiro atoms. The first-order valence-corrected chi connectivity index (χ1v) is 5.42. The molecule has 0 atom stereocenters. The summed E-state index contributed by atoms with van der Waals surface area (Å²) in [6.07, 6.45) is 0. The van der Waals surface area contributed by atoms with E-state index in [1.165, 1.54) is 10.2 Å². The number of hydrogen-bond acceptors (Lipinski definition) is 2. The smallest absolute Gasteiger partial charge is 0.183 e. The van der Waals surface area contributed by atoms with Crippen molar-refractivity contribution in [3.8, 4) is 0 Å². The van der Waals surface area contributed by atoms with Crippen LogP contribution in [-0.4, -0.2) is 10.5 Å². The van der Waals surface area contributed by atoms with E-state index in [1.807, 2.05) is 45.0 Å². The maximum Gasteiger partial charge on any atom is 0.183 e. The zero-order chi connectivity index (χ0) is 11.9. The molecule has 0 saturated carbocycles. The summed E-state index contributed by atoms with van der Waals surface area (Å²) in [5.41, 5.74) is 2.65. The fraction of sp³-hybridized carbons (Fsp3) is 0.308. The number of nitrogens with zero attached hydrogens (tertiary/aromatic N) is 1. The average molecular weight is 216 g/mol. The number of carbonyl (C=O) groups is 1. The molecule has 2 N–H and O–H groups in total. The van der Waals surface area contributed by atoms with Gasteiger partial charge in [0.2, 0.25) is 0 Å². The molecule has 2 aromatic rings. The van der Waals surface area contributed by atoms with E-state index in [-0.39, 0.29) is 11.7 Å². The van der Waals surface area contributed by atoms with E-state index in [1.54, 1.807) is 0 Å². The fourth-order valence-electron chi connectivity index (χ4n) is 1.84. The first-order chi connectivity index (χ1) is 7.50. The predicted molar refractivity (Wildman–Crippen MR) is 66.0 cm³/mol. The maximum atomic E-state index is 11.9. The summed E-state index contributed by atoms with van der Waals surface area (Å²) in [5, 5.41) is 1.02. The maximum absolute atomic E-state index is 11.9. The largest absolute Gasteiger partial charge is 0.338 e. The minimum Gasteiger partial charge on any atom is -0.338 e. The molecule has 0 amide bonds. The molecule has 3 nitrogen and oxygen atoms in total. The van der Waals surface area contributed by atoms with Crippen LogP contribution in [0.4, 0.5) is 0 Å². The second kappa shape index (κ2) is 3.67. The van der Waals surface area contributed by atoms with Crippen LogP contribution in [0.15, 0.2) is 24.3 Å². The van der Waals surface area contributed by atoms with Crippen molar-refractivity contribution in [3.05, 3.63) is 35.5 Å². The Morgan fingerprint density at radius 2 is 2.00 bits per heavy atom. The molecular weight excluding hydrogens is 200 g/mol. The Morgan fingerprint density at radius 3 is 2.62 bits per heavy atom. The molecule has 3 heteroatoms. The van der Waals surface area contributed by atoms with Crippen LogP contribution < -0.4 is 5.84 Å². The van der Waals surface area contributed by atoms with Gasteiger partial charge in [-0.1, -0.05) is 25.5 Å². The quantitative estimate of drug-likeness (QED) is 0.619. The van der Waals surface area contributed by atoms with Crippen LogP contribution >= 0.6 is 0 Å². The van der Waals surface area contributed by atoms with E-state index in [2.05, 4.69) is 0 Å². The summed E-state index contributed by atoms with van der Waals surface area (Å²) in [4.78, 5) is 11.9. The second-order valence-corrected chi connectivity index (χ2v) is 4.48. The lowest BCUT2D eigenvalue weighted by atomic mass is 10.1. The SMILES string of the molecule is Cc1ccc2c(c1)cc(C(=O)C(C)C)n2N. The Bertz CT molecular complexity index is 552. The van der Waals surface area contributed by atoms with Crippen LogP contribution in [0.5, 0.6) is 0 Å². The Morgan fingerprint density at radius 1 is 1.31 bits per heavy atom. The van der Waals surface area contributed by atoms with Gasteiger partial charge in [0.15, 0.2) is 5.78 Å². The minimum absolute atomic E-state index is 0.0345. The number of hydrogen-bond donors (Lipinski definition) is 1. The highest BCUT2D eigenvalue weighted by molar-refractivity contribution is 6.01. The van der Waals surface area contributed by atoms with Gasteiger partial charge in [0, 0.05) is 11.3 Å². The zero-order valence-electron chi connectivity index (χ0n) is 9.82. The number of nitrogens with two attached hydrogens (primary N) is 1. The van der Waals surface area contributed by atoms with Crippen LogP contribution in [0.25, 0.3) is 10.9 Å². The topological polar surface area (TPSA) is 48.0 Å². The molecule has 0 bridgehead atoms. The Labute approximate surface area is 94.8 Å². The molecule has 0 aliphatic heterocycles. The summed E-state index contributed by atoms with van der Waals surface area (Å²) in [6.45, 7) is 5.79. The van der Waals surface area contributed by atoms with Crippen LogP contribution in [0.1, 0.15) is 29.9 Å². The van der Waals surface area contributed by atoms with Gasteiger partial charge in [-0.15, -0.1) is 0 Å². The zero-order valence-corrected chi connectivity index (χ0v) is 9.82. The second-order valence-electron chi connectivity index (χ2n) is 4.48. The molecular formula is C13H16N2O. The predicted octanol–water partition coefficient (Wildman–Crippen LogP) is 2.50. The van der Waals surface area contributed by atoms with Crippen molar-refractivity contribution in [3.63, 3.8) is 0 Å². The van der Waals surface area contributed by atoms with E-state index < -0.39 is 0 Å². The number of aromatic nitrogens is 1.